The number of aryl methyl sites for hydroxylation is 1. The van der Waals surface area contributed by atoms with Crippen LogP contribution in [-0.2, 0) is 11.8 Å². The lowest BCUT2D eigenvalue weighted by molar-refractivity contribution is -0.116. The molecule has 1 aromatic carbocycles. The molecule has 1 heterocycles. The second kappa shape index (κ2) is 6.51. The highest BCUT2D eigenvalue weighted by atomic mass is 16.5. The molecule has 0 atom stereocenters. The third-order valence-electron chi connectivity index (χ3n) is 3.54. The van der Waals surface area contributed by atoms with Crippen LogP contribution in [0.2, 0.25) is 0 Å². The molecule has 6 nitrogen and oxygen atoms in total. The number of rotatable bonds is 6. The quantitative estimate of drug-likeness (QED) is 0.885. The van der Waals surface area contributed by atoms with Gasteiger partial charge in [-0.1, -0.05) is 0 Å². The van der Waals surface area contributed by atoms with E-state index in [-0.39, 0.29) is 11.7 Å². The van der Waals surface area contributed by atoms with Crippen molar-refractivity contribution >= 4 is 22.6 Å². The molecule has 2 aromatic rings. The van der Waals surface area contributed by atoms with Crippen LogP contribution in [0.15, 0.2) is 18.2 Å². The summed E-state index contributed by atoms with van der Waals surface area (Å²) in [7, 11) is 4.96. The molecule has 0 bridgehead atoms. The van der Waals surface area contributed by atoms with Crippen LogP contribution in [0.5, 0.6) is 11.5 Å². The monoisotopic (exact) mass is 304 g/mol. The first-order valence-corrected chi connectivity index (χ1v) is 6.97. The minimum Gasteiger partial charge on any atom is -0.493 e. The Balaban J connectivity index is 2.33. The van der Waals surface area contributed by atoms with Crippen LogP contribution >= 0.6 is 0 Å². The van der Waals surface area contributed by atoms with Gasteiger partial charge in [-0.05, 0) is 19.1 Å². The van der Waals surface area contributed by atoms with E-state index < -0.39 is 0 Å². The van der Waals surface area contributed by atoms with Crippen molar-refractivity contribution in [1.29, 1.82) is 0 Å². The van der Waals surface area contributed by atoms with Crippen molar-refractivity contribution in [1.82, 2.24) is 9.88 Å². The molecule has 22 heavy (non-hydrogen) atoms. The topological polar surface area (TPSA) is 69.6 Å². The average Bonchev–Trinajstić information content (AvgIpc) is 2.81. The number of aromatic nitrogens is 1. The van der Waals surface area contributed by atoms with Crippen molar-refractivity contribution in [2.75, 3.05) is 20.8 Å². The van der Waals surface area contributed by atoms with Crippen LogP contribution in [-0.4, -0.2) is 37.0 Å². The fourth-order valence-corrected chi connectivity index (χ4v) is 2.32. The number of carbonyl (C=O) groups excluding carboxylic acids is 2. The minimum absolute atomic E-state index is 0.0480. The molecular formula is C16H20N2O4. The van der Waals surface area contributed by atoms with Crippen LogP contribution in [0.1, 0.15) is 23.8 Å². The van der Waals surface area contributed by atoms with Gasteiger partial charge in [-0.3, -0.25) is 9.59 Å². The molecule has 0 saturated heterocycles. The van der Waals surface area contributed by atoms with E-state index in [0.717, 1.165) is 10.9 Å². The van der Waals surface area contributed by atoms with Gasteiger partial charge in [0, 0.05) is 31.5 Å². The number of ether oxygens (including phenoxy) is 2. The molecule has 6 heteroatoms. The van der Waals surface area contributed by atoms with E-state index in [1.165, 1.54) is 6.92 Å². The van der Waals surface area contributed by atoms with Crippen LogP contribution in [0.3, 0.4) is 0 Å². The van der Waals surface area contributed by atoms with Gasteiger partial charge in [0.05, 0.1) is 19.7 Å². The van der Waals surface area contributed by atoms with E-state index in [0.29, 0.717) is 30.2 Å². The fraction of sp³-hybridized carbons (Fsp3) is 0.375. The molecule has 1 aromatic heterocycles. The third kappa shape index (κ3) is 3.05. The molecule has 1 N–H and O–H groups in total. The molecule has 0 unspecified atom stereocenters. The second-order valence-corrected chi connectivity index (χ2v) is 5.06. The van der Waals surface area contributed by atoms with E-state index in [2.05, 4.69) is 5.32 Å². The highest BCUT2D eigenvalue weighted by Gasteiger charge is 2.16. The maximum absolute atomic E-state index is 12.2. The first kappa shape index (κ1) is 15.9. The van der Waals surface area contributed by atoms with E-state index >= 15 is 0 Å². The zero-order valence-corrected chi connectivity index (χ0v) is 13.2. The zero-order chi connectivity index (χ0) is 16.3. The van der Waals surface area contributed by atoms with Gasteiger partial charge in [0.2, 0.25) is 0 Å². The van der Waals surface area contributed by atoms with E-state index in [9.17, 15) is 9.59 Å². The Morgan fingerprint density at radius 3 is 2.36 bits per heavy atom. The van der Waals surface area contributed by atoms with Gasteiger partial charge in [-0.25, -0.2) is 0 Å². The normalized spacial score (nSPS) is 10.5. The van der Waals surface area contributed by atoms with Crippen LogP contribution < -0.4 is 14.8 Å². The van der Waals surface area contributed by atoms with Gasteiger partial charge in [0.1, 0.15) is 11.5 Å². The van der Waals surface area contributed by atoms with E-state index in [1.54, 1.807) is 24.9 Å². The Kier molecular flexibility index (Phi) is 4.70. The largest absolute Gasteiger partial charge is 0.493 e. The summed E-state index contributed by atoms with van der Waals surface area (Å²) in [6.07, 6.45) is 0.331. The smallest absolute Gasteiger partial charge is 0.267 e. The standard InChI is InChI=1S/C16H20N2O4/c1-10(19)5-6-17-16(20)13-7-11-8-14(21-3)15(22-4)9-12(11)18(13)2/h7-9H,5-6H2,1-4H3,(H,17,20). The maximum atomic E-state index is 12.2. The number of nitrogens with zero attached hydrogens (tertiary/aromatic N) is 1. The number of fused-ring (bicyclic) bond motifs is 1. The lowest BCUT2D eigenvalue weighted by Gasteiger charge is -2.08. The number of carbonyl (C=O) groups is 2. The Morgan fingerprint density at radius 1 is 1.14 bits per heavy atom. The SMILES string of the molecule is COc1cc2cc(C(=O)NCCC(C)=O)n(C)c2cc1OC. The summed E-state index contributed by atoms with van der Waals surface area (Å²) < 4.78 is 12.3. The predicted octanol–water partition coefficient (Wildman–Crippen LogP) is 1.90. The number of nitrogens with one attached hydrogen (secondary N) is 1. The molecule has 2 rings (SSSR count). The molecule has 0 saturated carbocycles. The first-order chi connectivity index (χ1) is 10.5. The van der Waals surface area contributed by atoms with E-state index in [1.807, 2.05) is 19.2 Å². The molecule has 1 amide bonds. The Bertz CT molecular complexity index is 718. The summed E-state index contributed by atoms with van der Waals surface area (Å²) in [6, 6.07) is 5.46. The second-order valence-electron chi connectivity index (χ2n) is 5.06. The van der Waals surface area contributed by atoms with Crippen molar-refractivity contribution in [3.63, 3.8) is 0 Å². The number of Topliss-reactive ketones (excluding diaryl/α,β-unsaturated/α-hetero) is 1. The maximum Gasteiger partial charge on any atom is 0.267 e. The number of methoxy groups -OCH3 is 2. The van der Waals surface area contributed by atoms with E-state index in [4.69, 9.17) is 9.47 Å². The zero-order valence-electron chi connectivity index (χ0n) is 13.2. The minimum atomic E-state index is -0.210. The van der Waals surface area contributed by atoms with Gasteiger partial charge < -0.3 is 19.4 Å². The molecule has 118 valence electrons. The van der Waals surface area contributed by atoms with Gasteiger partial charge in [-0.2, -0.15) is 0 Å². The molecular weight excluding hydrogens is 284 g/mol. The number of amides is 1. The number of hydrogen-bond donors (Lipinski definition) is 1. The Labute approximate surface area is 129 Å². The molecule has 0 fully saturated rings. The molecule has 0 aliphatic rings. The average molecular weight is 304 g/mol. The Hall–Kier alpha value is -2.50. The van der Waals surface area contributed by atoms with Crippen LogP contribution in [0.4, 0.5) is 0 Å². The van der Waals surface area contributed by atoms with Gasteiger partial charge in [0.25, 0.3) is 5.91 Å². The molecule has 0 aliphatic heterocycles. The fourth-order valence-electron chi connectivity index (χ4n) is 2.32. The van der Waals surface area contributed by atoms with Crippen molar-refractivity contribution < 1.29 is 19.1 Å². The molecule has 0 spiro atoms. The summed E-state index contributed by atoms with van der Waals surface area (Å²) in [5.74, 6) is 1.06. The number of ketones is 1. The highest BCUT2D eigenvalue weighted by molar-refractivity contribution is 5.99. The highest BCUT2D eigenvalue weighted by Crippen LogP contribution is 2.33. The van der Waals surface area contributed by atoms with Gasteiger partial charge >= 0.3 is 0 Å². The van der Waals surface area contributed by atoms with Crippen LogP contribution in [0.25, 0.3) is 10.9 Å². The summed E-state index contributed by atoms with van der Waals surface area (Å²) in [5.41, 5.74) is 1.39. The predicted molar refractivity (Wildman–Crippen MR) is 83.7 cm³/mol. The first-order valence-electron chi connectivity index (χ1n) is 6.97. The van der Waals surface area contributed by atoms with Crippen molar-refractivity contribution in [3.8, 4) is 11.5 Å². The van der Waals surface area contributed by atoms with Crippen LogP contribution in [0, 0.1) is 0 Å². The van der Waals surface area contributed by atoms with Crippen molar-refractivity contribution in [2.24, 2.45) is 7.05 Å². The van der Waals surface area contributed by atoms with Gasteiger partial charge in [0.15, 0.2) is 11.5 Å². The third-order valence-corrected chi connectivity index (χ3v) is 3.54. The van der Waals surface area contributed by atoms with Crippen molar-refractivity contribution in [2.45, 2.75) is 13.3 Å². The number of hydrogen-bond acceptors (Lipinski definition) is 4. The molecule has 0 aliphatic carbocycles. The molecule has 0 radical (unpaired) electrons. The summed E-state index contributed by atoms with van der Waals surface area (Å²) in [6.45, 7) is 1.84. The summed E-state index contributed by atoms with van der Waals surface area (Å²) in [5, 5.41) is 3.63. The Morgan fingerprint density at radius 2 is 1.77 bits per heavy atom. The van der Waals surface area contributed by atoms with Gasteiger partial charge in [-0.15, -0.1) is 0 Å². The summed E-state index contributed by atoms with van der Waals surface area (Å²) in [4.78, 5) is 23.1. The number of benzene rings is 1. The summed E-state index contributed by atoms with van der Waals surface area (Å²) >= 11 is 0. The lowest BCUT2D eigenvalue weighted by Crippen LogP contribution is -2.27. The lowest BCUT2D eigenvalue weighted by atomic mass is 10.2. The van der Waals surface area contributed by atoms with Crippen molar-refractivity contribution in [3.05, 3.63) is 23.9 Å².